The summed E-state index contributed by atoms with van der Waals surface area (Å²) < 4.78 is 16.2. The minimum Gasteiger partial charge on any atom is -0.494 e. The van der Waals surface area contributed by atoms with E-state index in [0.717, 1.165) is 5.69 Å². The molecule has 130 valence electrons. The van der Waals surface area contributed by atoms with Gasteiger partial charge in [0, 0.05) is 17.8 Å². The number of nitro groups is 1. The summed E-state index contributed by atoms with van der Waals surface area (Å²) in [6.07, 6.45) is 0. The Morgan fingerprint density at radius 2 is 1.92 bits per heavy atom. The highest BCUT2D eigenvalue weighted by Gasteiger charge is 2.14. The van der Waals surface area contributed by atoms with Gasteiger partial charge in [0.2, 0.25) is 0 Å². The van der Waals surface area contributed by atoms with Gasteiger partial charge in [-0.15, -0.1) is 0 Å². The summed E-state index contributed by atoms with van der Waals surface area (Å²) in [5.41, 5.74) is 1.18. The Hall–Kier alpha value is -3.07. The molecule has 2 aromatic carbocycles. The molecular formula is C16H15N3O5S. The standard InChI is InChI=1S/C16H15N3O5S/c1-22-14-9-11(19(20)21)3-4-12(14)18-16(25)17-10-2-5-13-15(8-10)24-7-6-23-13/h2-5,8-9H,6-7H2,1H3,(H2,17,18,25). The van der Waals surface area contributed by atoms with E-state index in [1.54, 1.807) is 12.1 Å². The second kappa shape index (κ2) is 7.22. The molecule has 25 heavy (non-hydrogen) atoms. The molecule has 0 spiro atoms. The average Bonchev–Trinajstić information content (AvgIpc) is 2.61. The van der Waals surface area contributed by atoms with Crippen LogP contribution in [-0.4, -0.2) is 30.4 Å². The number of fused-ring (bicyclic) bond motifs is 1. The normalized spacial score (nSPS) is 12.2. The highest BCUT2D eigenvalue weighted by atomic mass is 32.1. The van der Waals surface area contributed by atoms with Gasteiger partial charge in [-0.1, -0.05) is 0 Å². The number of anilines is 2. The van der Waals surface area contributed by atoms with Crippen molar-refractivity contribution in [3.05, 3.63) is 46.5 Å². The zero-order chi connectivity index (χ0) is 17.8. The number of non-ortho nitro benzene ring substituents is 1. The molecule has 1 heterocycles. The predicted molar refractivity (Wildman–Crippen MR) is 96.9 cm³/mol. The summed E-state index contributed by atoms with van der Waals surface area (Å²) in [6.45, 7) is 1.03. The third kappa shape index (κ3) is 3.89. The third-order valence-electron chi connectivity index (χ3n) is 3.44. The predicted octanol–water partition coefficient (Wildman–Crippen LogP) is 3.18. The van der Waals surface area contributed by atoms with Crippen LogP contribution in [0.3, 0.4) is 0 Å². The van der Waals surface area contributed by atoms with E-state index in [-0.39, 0.29) is 5.69 Å². The van der Waals surface area contributed by atoms with Gasteiger partial charge >= 0.3 is 0 Å². The molecule has 3 rings (SSSR count). The second-order valence-electron chi connectivity index (χ2n) is 5.08. The number of benzene rings is 2. The molecule has 0 saturated heterocycles. The van der Waals surface area contributed by atoms with Crippen molar-refractivity contribution < 1.29 is 19.1 Å². The summed E-state index contributed by atoms with van der Waals surface area (Å²) in [6, 6.07) is 9.64. The van der Waals surface area contributed by atoms with Crippen LogP contribution in [0.4, 0.5) is 17.1 Å². The number of nitro benzene ring substituents is 1. The lowest BCUT2D eigenvalue weighted by molar-refractivity contribution is -0.384. The minimum atomic E-state index is -0.488. The summed E-state index contributed by atoms with van der Waals surface area (Å²) in [7, 11) is 1.43. The molecule has 2 N–H and O–H groups in total. The minimum absolute atomic E-state index is 0.0619. The molecule has 8 nitrogen and oxygen atoms in total. The van der Waals surface area contributed by atoms with Crippen LogP contribution in [0.15, 0.2) is 36.4 Å². The van der Waals surface area contributed by atoms with Crippen LogP contribution >= 0.6 is 12.2 Å². The van der Waals surface area contributed by atoms with E-state index in [2.05, 4.69) is 10.6 Å². The first-order valence-electron chi connectivity index (χ1n) is 7.37. The SMILES string of the molecule is COc1cc([N+](=O)[O-])ccc1NC(=S)Nc1ccc2c(c1)OCCO2. The lowest BCUT2D eigenvalue weighted by atomic mass is 10.2. The van der Waals surface area contributed by atoms with E-state index in [1.165, 1.54) is 25.3 Å². The van der Waals surface area contributed by atoms with Crippen LogP contribution in [0, 0.1) is 10.1 Å². The van der Waals surface area contributed by atoms with Crippen molar-refractivity contribution in [1.82, 2.24) is 0 Å². The number of nitrogens with one attached hydrogen (secondary N) is 2. The topological polar surface area (TPSA) is 94.9 Å². The van der Waals surface area contributed by atoms with Gasteiger partial charge in [-0.2, -0.15) is 0 Å². The molecule has 0 unspecified atom stereocenters. The fourth-order valence-electron chi connectivity index (χ4n) is 2.30. The number of rotatable bonds is 4. The van der Waals surface area contributed by atoms with Gasteiger partial charge in [0.15, 0.2) is 16.6 Å². The first-order chi connectivity index (χ1) is 12.1. The number of nitrogens with zero attached hydrogens (tertiary/aromatic N) is 1. The van der Waals surface area contributed by atoms with Gasteiger partial charge in [0.05, 0.1) is 23.8 Å². The second-order valence-corrected chi connectivity index (χ2v) is 5.49. The molecule has 0 radical (unpaired) electrons. The Morgan fingerprint density at radius 3 is 2.64 bits per heavy atom. The fourth-order valence-corrected chi connectivity index (χ4v) is 2.53. The number of methoxy groups -OCH3 is 1. The molecule has 1 aliphatic rings. The summed E-state index contributed by atoms with van der Waals surface area (Å²) >= 11 is 5.28. The van der Waals surface area contributed by atoms with Crippen LogP contribution in [0.2, 0.25) is 0 Å². The quantitative estimate of drug-likeness (QED) is 0.487. The number of hydrogen-bond acceptors (Lipinski definition) is 6. The van der Waals surface area contributed by atoms with Crippen molar-refractivity contribution in [3.63, 3.8) is 0 Å². The van der Waals surface area contributed by atoms with Gasteiger partial charge in [-0.25, -0.2) is 0 Å². The smallest absolute Gasteiger partial charge is 0.273 e. The van der Waals surface area contributed by atoms with E-state index in [1.807, 2.05) is 6.07 Å². The van der Waals surface area contributed by atoms with Gasteiger partial charge in [0.1, 0.15) is 19.0 Å². The molecule has 1 aliphatic heterocycles. The molecule has 0 bridgehead atoms. The number of thiocarbonyl (C=S) groups is 1. The third-order valence-corrected chi connectivity index (χ3v) is 3.65. The molecule has 0 aromatic heterocycles. The maximum Gasteiger partial charge on any atom is 0.273 e. The fraction of sp³-hybridized carbons (Fsp3) is 0.188. The Bertz CT molecular complexity index is 827. The molecule has 0 fully saturated rings. The highest BCUT2D eigenvalue weighted by Crippen LogP contribution is 2.33. The van der Waals surface area contributed by atoms with Crippen LogP contribution in [0.5, 0.6) is 17.2 Å². The molecule has 0 saturated carbocycles. The molecule has 2 aromatic rings. The van der Waals surface area contributed by atoms with E-state index >= 15 is 0 Å². The maximum atomic E-state index is 10.8. The Labute approximate surface area is 148 Å². The van der Waals surface area contributed by atoms with Crippen LogP contribution < -0.4 is 24.8 Å². The maximum absolute atomic E-state index is 10.8. The Balaban J connectivity index is 1.71. The summed E-state index contributed by atoms with van der Waals surface area (Å²) in [5, 5.41) is 17.1. The van der Waals surface area contributed by atoms with Crippen LogP contribution in [0.1, 0.15) is 0 Å². The van der Waals surface area contributed by atoms with E-state index in [0.29, 0.717) is 41.3 Å². The van der Waals surface area contributed by atoms with Crippen molar-refractivity contribution in [1.29, 1.82) is 0 Å². The monoisotopic (exact) mass is 361 g/mol. The molecular weight excluding hydrogens is 346 g/mol. The van der Waals surface area contributed by atoms with Crippen LogP contribution in [-0.2, 0) is 0 Å². The zero-order valence-corrected chi connectivity index (χ0v) is 14.1. The Kier molecular flexibility index (Phi) is 4.85. The van der Waals surface area contributed by atoms with E-state index in [9.17, 15) is 10.1 Å². The molecule has 0 atom stereocenters. The number of hydrogen-bond donors (Lipinski definition) is 2. The van der Waals surface area contributed by atoms with E-state index in [4.69, 9.17) is 26.4 Å². The van der Waals surface area contributed by atoms with Crippen molar-refractivity contribution in [2.24, 2.45) is 0 Å². The van der Waals surface area contributed by atoms with Crippen molar-refractivity contribution in [2.75, 3.05) is 31.0 Å². The van der Waals surface area contributed by atoms with Gasteiger partial charge in [-0.05, 0) is 30.4 Å². The van der Waals surface area contributed by atoms with Crippen molar-refractivity contribution in [3.8, 4) is 17.2 Å². The molecule has 0 amide bonds. The highest BCUT2D eigenvalue weighted by molar-refractivity contribution is 7.80. The molecule has 9 heteroatoms. The summed E-state index contributed by atoms with van der Waals surface area (Å²) in [5.74, 6) is 1.65. The van der Waals surface area contributed by atoms with Crippen molar-refractivity contribution in [2.45, 2.75) is 0 Å². The average molecular weight is 361 g/mol. The zero-order valence-electron chi connectivity index (χ0n) is 13.3. The number of ether oxygens (including phenoxy) is 3. The lowest BCUT2D eigenvalue weighted by Gasteiger charge is -2.19. The summed E-state index contributed by atoms with van der Waals surface area (Å²) in [4.78, 5) is 10.3. The largest absolute Gasteiger partial charge is 0.494 e. The van der Waals surface area contributed by atoms with Crippen molar-refractivity contribution >= 4 is 34.4 Å². The first-order valence-corrected chi connectivity index (χ1v) is 7.78. The Morgan fingerprint density at radius 1 is 1.16 bits per heavy atom. The molecule has 0 aliphatic carbocycles. The van der Waals surface area contributed by atoms with Crippen LogP contribution in [0.25, 0.3) is 0 Å². The van der Waals surface area contributed by atoms with Gasteiger partial charge in [-0.3, -0.25) is 10.1 Å². The van der Waals surface area contributed by atoms with Gasteiger partial charge in [0.25, 0.3) is 5.69 Å². The van der Waals surface area contributed by atoms with E-state index < -0.39 is 4.92 Å². The lowest BCUT2D eigenvalue weighted by Crippen LogP contribution is -2.20. The first kappa shape index (κ1) is 16.8. The van der Waals surface area contributed by atoms with Gasteiger partial charge < -0.3 is 24.8 Å².